The van der Waals surface area contributed by atoms with E-state index in [1.165, 1.54) is 11.3 Å². The summed E-state index contributed by atoms with van der Waals surface area (Å²) >= 11 is 1.48. The van der Waals surface area contributed by atoms with Crippen molar-refractivity contribution in [3.63, 3.8) is 0 Å². The summed E-state index contributed by atoms with van der Waals surface area (Å²) in [6, 6.07) is 1.75. The smallest absolute Gasteiger partial charge is 0.317 e. The number of amides is 2. The third-order valence-electron chi connectivity index (χ3n) is 4.06. The molecule has 134 valence electrons. The summed E-state index contributed by atoms with van der Waals surface area (Å²) in [5.41, 5.74) is 2.28. The van der Waals surface area contributed by atoms with Gasteiger partial charge in [-0.25, -0.2) is 9.78 Å². The molecule has 0 bridgehead atoms. The minimum atomic E-state index is -0.185. The van der Waals surface area contributed by atoms with Crippen LogP contribution >= 0.6 is 11.3 Å². The molecule has 1 aliphatic rings. The van der Waals surface area contributed by atoms with Crippen molar-refractivity contribution >= 4 is 17.4 Å². The van der Waals surface area contributed by atoms with Crippen molar-refractivity contribution in [2.24, 2.45) is 0 Å². The predicted octanol–water partition coefficient (Wildman–Crippen LogP) is 2.81. The Morgan fingerprint density at radius 2 is 2.27 bits per heavy atom. The van der Waals surface area contributed by atoms with Gasteiger partial charge in [0, 0.05) is 36.8 Å². The lowest BCUT2D eigenvalue weighted by Gasteiger charge is -2.15. The van der Waals surface area contributed by atoms with Crippen LogP contribution in [0, 0.1) is 0 Å². The van der Waals surface area contributed by atoms with Gasteiger partial charge in [0.05, 0.1) is 25.0 Å². The molecule has 0 aliphatic heterocycles. The second kappa shape index (κ2) is 7.20. The molecule has 0 aromatic carbocycles. The first kappa shape index (κ1) is 16.6. The zero-order chi connectivity index (χ0) is 17.9. The molecule has 0 spiro atoms. The highest BCUT2D eigenvalue weighted by Crippen LogP contribution is 2.40. The zero-order valence-corrected chi connectivity index (χ0v) is 15.1. The van der Waals surface area contributed by atoms with E-state index < -0.39 is 0 Å². The van der Waals surface area contributed by atoms with E-state index in [1.807, 2.05) is 11.4 Å². The van der Waals surface area contributed by atoms with E-state index in [4.69, 9.17) is 4.52 Å². The van der Waals surface area contributed by atoms with E-state index in [9.17, 15) is 4.79 Å². The number of hydrogen-bond donors (Lipinski definition) is 1. The fraction of sp³-hybridized carbons (Fsp3) is 0.353. The molecular weight excluding hydrogens is 352 g/mol. The number of carbonyl (C=O) groups is 1. The van der Waals surface area contributed by atoms with Gasteiger partial charge in [-0.1, -0.05) is 5.16 Å². The second-order valence-electron chi connectivity index (χ2n) is 6.24. The van der Waals surface area contributed by atoms with Gasteiger partial charge in [-0.3, -0.25) is 9.97 Å². The monoisotopic (exact) mass is 370 g/mol. The number of carbonyl (C=O) groups excluding carboxylic acids is 1. The van der Waals surface area contributed by atoms with E-state index in [0.29, 0.717) is 19.0 Å². The number of urea groups is 1. The first-order valence-electron chi connectivity index (χ1n) is 8.34. The third kappa shape index (κ3) is 3.88. The molecule has 0 unspecified atom stereocenters. The molecule has 26 heavy (non-hydrogen) atoms. The minimum absolute atomic E-state index is 0.185. The Bertz CT molecular complexity index is 890. The zero-order valence-electron chi connectivity index (χ0n) is 14.3. The molecule has 1 N–H and O–H groups in total. The van der Waals surface area contributed by atoms with Crippen LogP contribution in [-0.2, 0) is 13.1 Å². The standard InChI is InChI=1S/C17H18N6O2S/c1-23(9-12-6-15(25-22-12)11-2-3-11)17(24)20-7-13-10-26-16(21-13)14-8-18-4-5-19-14/h4-6,8,10-11H,2-3,7,9H2,1H3,(H,20,24). The molecule has 8 nitrogen and oxygen atoms in total. The summed E-state index contributed by atoms with van der Waals surface area (Å²) in [4.78, 5) is 26.6. The van der Waals surface area contributed by atoms with Crippen molar-refractivity contribution in [1.29, 1.82) is 0 Å². The first-order valence-corrected chi connectivity index (χ1v) is 9.22. The molecule has 3 aromatic rings. The van der Waals surface area contributed by atoms with Gasteiger partial charge < -0.3 is 14.7 Å². The van der Waals surface area contributed by atoms with Crippen LogP contribution in [0.2, 0.25) is 0 Å². The third-order valence-corrected chi connectivity index (χ3v) is 4.97. The molecule has 0 atom stereocenters. The highest BCUT2D eigenvalue weighted by molar-refractivity contribution is 7.13. The van der Waals surface area contributed by atoms with Crippen LogP contribution in [0.1, 0.15) is 35.9 Å². The molecule has 4 rings (SSSR count). The number of thiazole rings is 1. The van der Waals surface area contributed by atoms with Crippen molar-refractivity contribution in [3.05, 3.63) is 47.2 Å². The molecule has 1 fully saturated rings. The average Bonchev–Trinajstić information content (AvgIpc) is 3.23. The van der Waals surface area contributed by atoms with E-state index in [0.717, 1.165) is 40.7 Å². The maximum atomic E-state index is 12.3. The molecule has 0 radical (unpaired) electrons. The van der Waals surface area contributed by atoms with Gasteiger partial charge >= 0.3 is 6.03 Å². The summed E-state index contributed by atoms with van der Waals surface area (Å²) in [5, 5.41) is 9.59. The summed E-state index contributed by atoms with van der Waals surface area (Å²) in [5.74, 6) is 1.44. The van der Waals surface area contributed by atoms with Crippen LogP contribution in [-0.4, -0.2) is 38.1 Å². The SMILES string of the molecule is CN(Cc1cc(C2CC2)on1)C(=O)NCc1csc(-c2cnccn2)n1. The van der Waals surface area contributed by atoms with Crippen LogP contribution in [0.25, 0.3) is 10.7 Å². The van der Waals surface area contributed by atoms with Crippen LogP contribution in [0.3, 0.4) is 0 Å². The first-order chi connectivity index (χ1) is 12.7. The van der Waals surface area contributed by atoms with E-state index in [2.05, 4.69) is 25.4 Å². The molecular formula is C17H18N6O2S. The van der Waals surface area contributed by atoms with Crippen LogP contribution in [0.5, 0.6) is 0 Å². The van der Waals surface area contributed by atoms with Gasteiger partial charge in [0.15, 0.2) is 0 Å². The van der Waals surface area contributed by atoms with Crippen LogP contribution in [0.4, 0.5) is 4.79 Å². The highest BCUT2D eigenvalue weighted by Gasteiger charge is 2.28. The Balaban J connectivity index is 1.29. The van der Waals surface area contributed by atoms with Crippen molar-refractivity contribution in [2.45, 2.75) is 31.8 Å². The average molecular weight is 370 g/mol. The number of aromatic nitrogens is 4. The van der Waals surface area contributed by atoms with E-state index >= 15 is 0 Å². The largest absolute Gasteiger partial charge is 0.361 e. The van der Waals surface area contributed by atoms with Gasteiger partial charge in [0.25, 0.3) is 0 Å². The van der Waals surface area contributed by atoms with Crippen molar-refractivity contribution in [1.82, 2.24) is 30.3 Å². The number of nitrogens with one attached hydrogen (secondary N) is 1. The van der Waals surface area contributed by atoms with Crippen molar-refractivity contribution < 1.29 is 9.32 Å². The molecule has 3 heterocycles. The van der Waals surface area contributed by atoms with Gasteiger partial charge in [-0.15, -0.1) is 11.3 Å². The lowest BCUT2D eigenvalue weighted by molar-refractivity contribution is 0.205. The Hall–Kier alpha value is -2.81. The van der Waals surface area contributed by atoms with E-state index in [-0.39, 0.29) is 6.03 Å². The molecule has 2 amide bonds. The Kier molecular flexibility index (Phi) is 4.61. The summed E-state index contributed by atoms with van der Waals surface area (Å²) < 4.78 is 5.32. The van der Waals surface area contributed by atoms with Gasteiger partial charge in [0.2, 0.25) is 0 Å². The molecule has 1 aliphatic carbocycles. The molecule has 3 aromatic heterocycles. The fourth-order valence-corrected chi connectivity index (χ4v) is 3.27. The normalized spacial score (nSPS) is 13.6. The molecule has 9 heteroatoms. The Morgan fingerprint density at radius 1 is 1.38 bits per heavy atom. The molecule has 0 saturated heterocycles. The lowest BCUT2D eigenvalue weighted by atomic mass is 10.3. The fourth-order valence-electron chi connectivity index (χ4n) is 2.49. The predicted molar refractivity (Wildman–Crippen MR) is 95.3 cm³/mol. The Morgan fingerprint density at radius 3 is 3.04 bits per heavy atom. The lowest BCUT2D eigenvalue weighted by Crippen LogP contribution is -2.36. The number of rotatable bonds is 6. The Labute approximate surface area is 154 Å². The van der Waals surface area contributed by atoms with Gasteiger partial charge in [-0.05, 0) is 12.8 Å². The van der Waals surface area contributed by atoms with Gasteiger partial charge in [0.1, 0.15) is 22.2 Å². The van der Waals surface area contributed by atoms with E-state index in [1.54, 1.807) is 30.5 Å². The quantitative estimate of drug-likeness (QED) is 0.717. The molecule has 1 saturated carbocycles. The van der Waals surface area contributed by atoms with Crippen LogP contribution in [0.15, 0.2) is 34.6 Å². The highest BCUT2D eigenvalue weighted by atomic mass is 32.1. The number of nitrogens with zero attached hydrogens (tertiary/aromatic N) is 5. The van der Waals surface area contributed by atoms with Crippen LogP contribution < -0.4 is 5.32 Å². The van der Waals surface area contributed by atoms with Crippen molar-refractivity contribution in [2.75, 3.05) is 7.05 Å². The maximum absolute atomic E-state index is 12.3. The summed E-state index contributed by atoms with van der Waals surface area (Å²) in [6.45, 7) is 0.760. The summed E-state index contributed by atoms with van der Waals surface area (Å²) in [6.07, 6.45) is 7.25. The van der Waals surface area contributed by atoms with Crippen molar-refractivity contribution in [3.8, 4) is 10.7 Å². The minimum Gasteiger partial charge on any atom is -0.361 e. The number of hydrogen-bond acceptors (Lipinski definition) is 7. The summed E-state index contributed by atoms with van der Waals surface area (Å²) in [7, 11) is 1.73. The topological polar surface area (TPSA) is 97.0 Å². The van der Waals surface area contributed by atoms with Gasteiger partial charge in [-0.2, -0.15) is 0 Å². The second-order valence-corrected chi connectivity index (χ2v) is 7.10. The maximum Gasteiger partial charge on any atom is 0.317 e.